The quantitative estimate of drug-likeness (QED) is 0.247. The molecule has 9 nitrogen and oxygen atoms in total. The highest BCUT2D eigenvalue weighted by Gasteiger charge is 2.26. The number of nitrogens with zero attached hydrogens (tertiary/aromatic N) is 5. The van der Waals surface area contributed by atoms with E-state index in [2.05, 4.69) is 15.3 Å². The van der Waals surface area contributed by atoms with Gasteiger partial charge in [0, 0.05) is 17.9 Å². The predicted molar refractivity (Wildman–Crippen MR) is 115 cm³/mol. The van der Waals surface area contributed by atoms with Crippen LogP contribution in [0.4, 0.5) is 5.69 Å². The van der Waals surface area contributed by atoms with Gasteiger partial charge in [-0.3, -0.25) is 10.1 Å². The van der Waals surface area contributed by atoms with Crippen LogP contribution in [0.15, 0.2) is 57.6 Å². The highest BCUT2D eigenvalue weighted by atomic mass is 32.2. The molecule has 1 aromatic carbocycles. The molecule has 2 aromatic heterocycles. The van der Waals surface area contributed by atoms with Gasteiger partial charge in [-0.25, -0.2) is 4.79 Å². The first-order valence-electron chi connectivity index (χ1n) is 8.90. The summed E-state index contributed by atoms with van der Waals surface area (Å²) < 4.78 is 6.82. The maximum atomic E-state index is 12.7. The van der Waals surface area contributed by atoms with Crippen LogP contribution in [0.1, 0.15) is 12.5 Å². The van der Waals surface area contributed by atoms with Gasteiger partial charge in [-0.05, 0) is 30.0 Å². The largest absolute Gasteiger partial charge is 0.462 e. The first kappa shape index (κ1) is 20.0. The lowest BCUT2D eigenvalue weighted by molar-refractivity contribution is -0.384. The van der Waals surface area contributed by atoms with Gasteiger partial charge in [0.1, 0.15) is 0 Å². The van der Waals surface area contributed by atoms with Crippen molar-refractivity contribution in [2.75, 3.05) is 12.4 Å². The van der Waals surface area contributed by atoms with Crippen LogP contribution in [0, 0.1) is 10.1 Å². The number of thiophene rings is 1. The lowest BCUT2D eigenvalue weighted by Crippen LogP contribution is -2.21. The number of non-ortho nitro benzene ring substituents is 1. The second kappa shape index (κ2) is 8.59. The summed E-state index contributed by atoms with van der Waals surface area (Å²) in [6.45, 7) is 1.91. The van der Waals surface area contributed by atoms with E-state index in [1.807, 2.05) is 17.5 Å². The van der Waals surface area contributed by atoms with Crippen LogP contribution in [0.25, 0.3) is 16.8 Å². The number of hydrogen-bond donors (Lipinski definition) is 0. The second-order valence-corrected chi connectivity index (χ2v) is 7.95. The summed E-state index contributed by atoms with van der Waals surface area (Å²) in [4.78, 5) is 24.2. The smallest absolute Gasteiger partial charge is 0.340 e. The molecule has 3 aromatic rings. The van der Waals surface area contributed by atoms with Crippen LogP contribution in [-0.2, 0) is 9.53 Å². The van der Waals surface area contributed by atoms with Crippen molar-refractivity contribution in [3.8, 4) is 10.7 Å². The molecule has 1 aliphatic rings. The fourth-order valence-electron chi connectivity index (χ4n) is 2.78. The predicted octanol–water partition coefficient (Wildman–Crippen LogP) is 3.87. The van der Waals surface area contributed by atoms with Crippen molar-refractivity contribution in [2.24, 2.45) is 5.10 Å². The molecule has 4 rings (SSSR count). The third-order valence-electron chi connectivity index (χ3n) is 4.11. The maximum Gasteiger partial charge on any atom is 0.340 e. The number of fused-ring (bicyclic) bond motifs is 1. The van der Waals surface area contributed by atoms with Crippen molar-refractivity contribution in [3.63, 3.8) is 0 Å². The molecule has 0 bridgehead atoms. The zero-order valence-electron chi connectivity index (χ0n) is 15.7. The molecule has 0 atom stereocenters. The Morgan fingerprint density at radius 3 is 2.93 bits per heavy atom. The first-order valence-corrected chi connectivity index (χ1v) is 10.8. The van der Waals surface area contributed by atoms with E-state index in [0.29, 0.717) is 28.0 Å². The third-order valence-corrected chi connectivity index (χ3v) is 5.91. The molecule has 1 aliphatic heterocycles. The summed E-state index contributed by atoms with van der Waals surface area (Å²) in [7, 11) is 0. The summed E-state index contributed by atoms with van der Waals surface area (Å²) in [6, 6.07) is 9.88. The van der Waals surface area contributed by atoms with Crippen molar-refractivity contribution < 1.29 is 14.5 Å². The van der Waals surface area contributed by atoms with Crippen LogP contribution >= 0.6 is 23.1 Å². The number of esters is 1. The summed E-state index contributed by atoms with van der Waals surface area (Å²) in [6.07, 6.45) is 1.56. The van der Waals surface area contributed by atoms with Crippen molar-refractivity contribution in [2.45, 2.75) is 12.1 Å². The molecular formula is C19H15N5O4S2. The van der Waals surface area contributed by atoms with E-state index >= 15 is 0 Å². The molecule has 0 radical (unpaired) electrons. The van der Waals surface area contributed by atoms with E-state index in [9.17, 15) is 14.9 Å². The molecule has 0 aliphatic carbocycles. The minimum Gasteiger partial charge on any atom is -0.462 e. The minimum atomic E-state index is -0.544. The Bertz CT molecular complexity index is 1170. The Labute approximate surface area is 179 Å². The number of aromatic nitrogens is 3. The number of nitro benzene ring substituents is 1. The van der Waals surface area contributed by atoms with E-state index in [1.54, 1.807) is 29.8 Å². The standard InChI is InChI=1S/C19H15N5O4S2/c1-2-28-18(25)14(10-12-5-3-6-13(9-12)24(26)27)15-11-30-19-21-20-17(23(19)22-15)16-7-4-8-29-16/h3-10H,2,11H2,1H3/b14-10-. The van der Waals surface area contributed by atoms with Crippen LogP contribution in [0.2, 0.25) is 0 Å². The van der Waals surface area contributed by atoms with E-state index in [-0.39, 0.29) is 17.9 Å². The van der Waals surface area contributed by atoms with Crippen LogP contribution in [-0.4, -0.2) is 43.8 Å². The molecule has 3 heterocycles. The number of nitro groups is 1. The number of thioether (sulfide) groups is 1. The van der Waals surface area contributed by atoms with Gasteiger partial charge in [-0.1, -0.05) is 30.0 Å². The molecule has 30 heavy (non-hydrogen) atoms. The van der Waals surface area contributed by atoms with Gasteiger partial charge in [-0.15, -0.1) is 21.5 Å². The Kier molecular flexibility index (Phi) is 5.72. The summed E-state index contributed by atoms with van der Waals surface area (Å²) in [5.74, 6) is 0.433. The lowest BCUT2D eigenvalue weighted by Gasteiger charge is -2.15. The van der Waals surface area contributed by atoms with Gasteiger partial charge in [-0.2, -0.15) is 9.78 Å². The van der Waals surface area contributed by atoms with Gasteiger partial charge in [0.15, 0.2) is 5.82 Å². The molecule has 0 saturated carbocycles. The van der Waals surface area contributed by atoms with Crippen molar-refractivity contribution in [1.82, 2.24) is 14.9 Å². The molecular weight excluding hydrogens is 426 g/mol. The Morgan fingerprint density at radius 2 is 2.20 bits per heavy atom. The topological polar surface area (TPSA) is 113 Å². The monoisotopic (exact) mass is 441 g/mol. The molecule has 0 spiro atoms. The number of ether oxygens (including phenoxy) is 1. The minimum absolute atomic E-state index is 0.0620. The maximum absolute atomic E-state index is 12.7. The van der Waals surface area contributed by atoms with Crippen molar-refractivity contribution >= 4 is 46.5 Å². The normalized spacial score (nSPS) is 13.5. The molecule has 0 fully saturated rings. The van der Waals surface area contributed by atoms with Crippen molar-refractivity contribution in [1.29, 1.82) is 0 Å². The SMILES string of the molecule is CCOC(=O)/C(=C\c1cccc([N+](=O)[O-])c1)C1=Nn2c(nnc2-c2cccs2)SC1. The van der Waals surface area contributed by atoms with Gasteiger partial charge in [0.05, 0.1) is 27.7 Å². The molecule has 11 heteroatoms. The highest BCUT2D eigenvalue weighted by molar-refractivity contribution is 7.99. The van der Waals surface area contributed by atoms with Crippen LogP contribution in [0.3, 0.4) is 0 Å². The summed E-state index contributed by atoms with van der Waals surface area (Å²) in [5.41, 5.74) is 1.16. The van der Waals surface area contributed by atoms with Crippen LogP contribution < -0.4 is 0 Å². The number of hydrogen-bond acceptors (Lipinski definition) is 9. The molecule has 0 unspecified atom stereocenters. The number of carbonyl (C=O) groups excluding carboxylic acids is 1. The number of rotatable bonds is 6. The Balaban J connectivity index is 1.78. The third kappa shape index (κ3) is 4.02. The number of carbonyl (C=O) groups is 1. The zero-order valence-corrected chi connectivity index (χ0v) is 17.4. The van der Waals surface area contributed by atoms with Gasteiger partial charge in [0.25, 0.3) is 5.69 Å². The number of benzene rings is 1. The first-order chi connectivity index (χ1) is 14.6. The average Bonchev–Trinajstić information content (AvgIpc) is 3.41. The van der Waals surface area contributed by atoms with E-state index in [4.69, 9.17) is 4.74 Å². The highest BCUT2D eigenvalue weighted by Crippen LogP contribution is 2.31. The molecule has 0 amide bonds. The van der Waals surface area contributed by atoms with E-state index in [0.717, 1.165) is 4.88 Å². The van der Waals surface area contributed by atoms with E-state index < -0.39 is 10.9 Å². The second-order valence-electron chi connectivity index (χ2n) is 6.06. The average molecular weight is 441 g/mol. The van der Waals surface area contributed by atoms with Gasteiger partial charge in [0.2, 0.25) is 5.16 Å². The summed E-state index contributed by atoms with van der Waals surface area (Å²) >= 11 is 2.92. The molecule has 152 valence electrons. The molecule has 0 saturated heterocycles. The Hall–Kier alpha value is -3.31. The fraction of sp³-hybridized carbons (Fsp3) is 0.158. The van der Waals surface area contributed by atoms with Crippen LogP contribution in [0.5, 0.6) is 0 Å². The Morgan fingerprint density at radius 1 is 1.33 bits per heavy atom. The molecule has 0 N–H and O–H groups in total. The fourth-order valence-corrected chi connectivity index (χ4v) is 4.30. The summed E-state index contributed by atoms with van der Waals surface area (Å²) in [5, 5.41) is 26.6. The van der Waals surface area contributed by atoms with Gasteiger partial charge >= 0.3 is 5.97 Å². The zero-order chi connectivity index (χ0) is 21.1. The van der Waals surface area contributed by atoms with E-state index in [1.165, 1.54) is 35.2 Å². The lowest BCUT2D eigenvalue weighted by atomic mass is 10.1. The van der Waals surface area contributed by atoms with Crippen molar-refractivity contribution in [3.05, 3.63) is 63.0 Å². The van der Waals surface area contributed by atoms with Gasteiger partial charge < -0.3 is 4.74 Å².